The molecule has 1 aromatic carbocycles. The van der Waals surface area contributed by atoms with Crippen LogP contribution in [0.25, 0.3) is 0 Å². The fourth-order valence-corrected chi connectivity index (χ4v) is 1.89. The first-order valence-electron chi connectivity index (χ1n) is 8.07. The lowest BCUT2D eigenvalue weighted by Gasteiger charge is -2.32. The number of hydrogen-bond acceptors (Lipinski definition) is 6. The van der Waals surface area contributed by atoms with Gasteiger partial charge in [0.1, 0.15) is 0 Å². The van der Waals surface area contributed by atoms with Crippen molar-refractivity contribution in [1.29, 1.82) is 0 Å². The van der Waals surface area contributed by atoms with Crippen molar-refractivity contribution in [2.45, 2.75) is 38.9 Å². The van der Waals surface area contributed by atoms with E-state index in [0.29, 0.717) is 0 Å². The lowest BCUT2D eigenvalue weighted by Crippen LogP contribution is -2.41. The lowest BCUT2D eigenvalue weighted by molar-refractivity contribution is -0.383. The molecule has 0 spiro atoms. The Kier molecular flexibility index (Phi) is 3.07. The first kappa shape index (κ1) is 12.6. The van der Waals surface area contributed by atoms with Gasteiger partial charge in [-0.3, -0.25) is 10.1 Å². The Labute approximate surface area is 133 Å². The van der Waals surface area contributed by atoms with E-state index in [-0.39, 0.29) is 5.46 Å². The summed E-state index contributed by atoms with van der Waals surface area (Å²) in [6.07, 6.45) is 0. The topological polar surface area (TPSA) is 87.9 Å². The van der Waals surface area contributed by atoms with Gasteiger partial charge in [-0.25, -0.2) is 4.79 Å². The van der Waals surface area contributed by atoms with Crippen LogP contribution in [0.15, 0.2) is 18.1 Å². The molecule has 0 aromatic heterocycles. The monoisotopic (exact) mass is 310 g/mol. The van der Waals surface area contributed by atoms with Crippen molar-refractivity contribution in [3.63, 3.8) is 0 Å². The summed E-state index contributed by atoms with van der Waals surface area (Å²) in [7, 11) is -0.281. The molecule has 22 heavy (non-hydrogen) atoms. The molecule has 0 bridgehead atoms. The molecule has 7 nitrogen and oxygen atoms in total. The predicted octanol–water partition coefficient (Wildman–Crippen LogP) is 1.68. The number of carbonyl (C=O) groups excluding carboxylic acids is 1. The van der Waals surface area contributed by atoms with Crippen LogP contribution < -0.4 is 5.46 Å². The van der Waals surface area contributed by atoms with Gasteiger partial charge in [0, 0.05) is 6.04 Å². The zero-order valence-electron chi connectivity index (χ0n) is 16.0. The number of nitro benzene ring substituents is 1. The summed E-state index contributed by atoms with van der Waals surface area (Å²) >= 11 is 0. The highest BCUT2D eigenvalue weighted by atomic mass is 16.7. The molecule has 8 heteroatoms. The molecule has 1 heterocycles. The van der Waals surface area contributed by atoms with Crippen molar-refractivity contribution >= 4 is 24.2 Å². The minimum absolute atomic E-state index is 0.355. The quantitative estimate of drug-likeness (QED) is 0.365. The van der Waals surface area contributed by atoms with E-state index in [1.807, 2.05) is 0 Å². The lowest BCUT2D eigenvalue weighted by atomic mass is 9.77. The summed E-state index contributed by atoms with van der Waals surface area (Å²) in [4.78, 5) is 22.4. The van der Waals surface area contributed by atoms with Crippen molar-refractivity contribution in [3.8, 4) is 0 Å². The average Bonchev–Trinajstić information content (AvgIpc) is 2.69. The largest absolute Gasteiger partial charge is 0.501 e. The zero-order valence-corrected chi connectivity index (χ0v) is 13.0. The summed E-state index contributed by atoms with van der Waals surface area (Å²) in [5.41, 5.74) is -3.46. The number of hydrogen-bond donors (Lipinski definition) is 0. The smallest absolute Gasteiger partial charge is 0.465 e. The molecule has 0 N–H and O–H groups in total. The molecular formula is C14H18BNO6. The molecule has 0 saturated carbocycles. The molecular weight excluding hydrogens is 289 g/mol. The summed E-state index contributed by atoms with van der Waals surface area (Å²) in [6, 6.07) is -2.06. The van der Waals surface area contributed by atoms with Gasteiger partial charge in [0.25, 0.3) is 5.69 Å². The van der Waals surface area contributed by atoms with Crippen LogP contribution >= 0.6 is 0 Å². The van der Waals surface area contributed by atoms with E-state index in [1.165, 1.54) is 0 Å². The second-order valence-electron chi connectivity index (χ2n) is 5.85. The SMILES string of the molecule is [2H]c1c([2H])c(C(=O)OC)c([2H])c([N+](=O)[O-])c1B1OC(C)(C)C(C)(C)O1. The number of benzene rings is 1. The molecule has 1 aliphatic heterocycles. The Morgan fingerprint density at radius 1 is 1.32 bits per heavy atom. The van der Waals surface area contributed by atoms with Crippen molar-refractivity contribution in [2.24, 2.45) is 0 Å². The van der Waals surface area contributed by atoms with E-state index in [2.05, 4.69) is 4.74 Å². The Morgan fingerprint density at radius 2 is 1.86 bits per heavy atom. The van der Waals surface area contributed by atoms with Gasteiger partial charge in [0.05, 0.1) is 38.4 Å². The molecule has 0 radical (unpaired) electrons. The van der Waals surface area contributed by atoms with Crippen molar-refractivity contribution in [3.05, 3.63) is 33.8 Å². The minimum Gasteiger partial charge on any atom is -0.465 e. The molecule has 0 amide bonds. The van der Waals surface area contributed by atoms with E-state index in [0.717, 1.165) is 7.11 Å². The van der Waals surface area contributed by atoms with E-state index >= 15 is 0 Å². The number of nitro groups is 1. The number of rotatable bonds is 3. The van der Waals surface area contributed by atoms with Crippen LogP contribution in [0.5, 0.6) is 0 Å². The van der Waals surface area contributed by atoms with Crippen LogP contribution in [0, 0.1) is 10.1 Å². The highest BCUT2D eigenvalue weighted by Gasteiger charge is 2.53. The summed E-state index contributed by atoms with van der Waals surface area (Å²) in [6.45, 7) is 6.92. The zero-order chi connectivity index (χ0) is 19.3. The Morgan fingerprint density at radius 3 is 2.32 bits per heavy atom. The van der Waals surface area contributed by atoms with Gasteiger partial charge in [0.15, 0.2) is 0 Å². The summed E-state index contributed by atoms with van der Waals surface area (Å²) in [5, 5.41) is 11.5. The second-order valence-corrected chi connectivity index (χ2v) is 5.85. The van der Waals surface area contributed by atoms with Crippen LogP contribution in [0.2, 0.25) is 0 Å². The molecule has 1 aromatic rings. The van der Waals surface area contributed by atoms with Crippen LogP contribution in [0.1, 0.15) is 42.2 Å². The van der Waals surface area contributed by atoms with E-state index in [4.69, 9.17) is 13.4 Å². The molecule has 1 aliphatic rings. The maximum absolute atomic E-state index is 11.8. The number of methoxy groups -OCH3 is 1. The van der Waals surface area contributed by atoms with Crippen molar-refractivity contribution < 1.29 is 27.9 Å². The van der Waals surface area contributed by atoms with Gasteiger partial charge < -0.3 is 14.0 Å². The number of carbonyl (C=O) groups is 1. The van der Waals surface area contributed by atoms with Gasteiger partial charge in [-0.05, 0) is 33.7 Å². The fraction of sp³-hybridized carbons (Fsp3) is 0.500. The van der Waals surface area contributed by atoms with Crippen molar-refractivity contribution in [2.75, 3.05) is 7.11 Å². The molecule has 1 fully saturated rings. The highest BCUT2D eigenvalue weighted by Crippen LogP contribution is 2.37. The first-order chi connectivity index (χ1) is 11.4. The third kappa shape index (κ3) is 2.71. The maximum Gasteiger partial charge on any atom is 0.501 e. The van der Waals surface area contributed by atoms with Gasteiger partial charge in [-0.15, -0.1) is 0 Å². The molecule has 2 rings (SSSR count). The number of ether oxygens (including phenoxy) is 1. The normalized spacial score (nSPS) is 21.0. The highest BCUT2D eigenvalue weighted by molar-refractivity contribution is 6.63. The average molecular weight is 310 g/mol. The van der Waals surface area contributed by atoms with E-state index < -0.39 is 58.6 Å². The summed E-state index contributed by atoms with van der Waals surface area (Å²) < 4.78 is 40.0. The van der Waals surface area contributed by atoms with Crippen molar-refractivity contribution in [1.82, 2.24) is 0 Å². The summed E-state index contributed by atoms with van der Waals surface area (Å²) in [5.74, 6) is -1.09. The minimum atomic E-state index is -1.31. The van der Waals surface area contributed by atoms with E-state index in [1.54, 1.807) is 27.7 Å². The molecule has 0 atom stereocenters. The predicted molar refractivity (Wildman–Crippen MR) is 80.2 cm³/mol. The van der Waals surface area contributed by atoms with Crippen LogP contribution in [0.4, 0.5) is 5.69 Å². The Hall–Kier alpha value is -1.93. The maximum atomic E-state index is 11.8. The standard InChI is InChI=1S/C14H18BNO6/c1-13(2)14(3,4)22-15(21-13)10-7-6-9(12(17)20-5)8-11(10)16(18)19/h6-8H,1-5H3/i6D,7D,8D. The second kappa shape index (κ2) is 5.37. The van der Waals surface area contributed by atoms with Gasteiger partial charge in [-0.1, -0.05) is 6.04 Å². The number of esters is 1. The fourth-order valence-electron chi connectivity index (χ4n) is 1.89. The third-order valence-electron chi connectivity index (χ3n) is 3.88. The van der Waals surface area contributed by atoms with Gasteiger partial charge in [0.2, 0.25) is 0 Å². The van der Waals surface area contributed by atoms with Crippen LogP contribution in [0.3, 0.4) is 0 Å². The van der Waals surface area contributed by atoms with Crippen LogP contribution in [-0.4, -0.2) is 36.3 Å². The number of nitrogens with zero attached hydrogens (tertiary/aromatic N) is 1. The van der Waals surface area contributed by atoms with E-state index in [9.17, 15) is 14.9 Å². The molecule has 118 valence electrons. The Bertz CT molecular complexity index is 752. The first-order valence-corrected chi connectivity index (χ1v) is 6.57. The van der Waals surface area contributed by atoms with Gasteiger partial charge >= 0.3 is 13.1 Å². The third-order valence-corrected chi connectivity index (χ3v) is 3.88. The molecule has 0 unspecified atom stereocenters. The molecule has 1 saturated heterocycles. The Balaban J connectivity index is 2.76. The van der Waals surface area contributed by atoms with Crippen LogP contribution in [-0.2, 0) is 14.0 Å². The molecule has 0 aliphatic carbocycles. The van der Waals surface area contributed by atoms with Gasteiger partial charge in [-0.2, -0.15) is 0 Å².